The van der Waals surface area contributed by atoms with Gasteiger partial charge >= 0.3 is 52.6 Å². The Morgan fingerprint density at radius 2 is 0.719 bits per heavy atom. The van der Waals surface area contributed by atoms with Crippen LogP contribution in [0.1, 0.15) is 117 Å². The molecule has 0 aliphatic rings. The Hall–Kier alpha value is 1.51. The van der Waals surface area contributed by atoms with E-state index in [9.17, 15) is 25.9 Å². The predicted molar refractivity (Wildman–Crippen MR) is 122 cm³/mol. The Balaban J connectivity index is -0.000000238. The average molecular weight is 522 g/mol. The molecule has 8 nitrogen and oxygen atoms in total. The molecule has 0 atom stereocenters. The SMILES string of the molecule is CCCCCCCCCCCCOS(=O)(=O)[O-].CCCCCCCCOS(=O)(=O)[O-].[Mg+2].[Na+]. The molecule has 0 saturated carbocycles. The van der Waals surface area contributed by atoms with Gasteiger partial charge in [-0.2, -0.15) is 0 Å². The summed E-state index contributed by atoms with van der Waals surface area (Å²) in [5.41, 5.74) is 0. The van der Waals surface area contributed by atoms with Crippen molar-refractivity contribution in [3.8, 4) is 0 Å². The molecule has 0 radical (unpaired) electrons. The smallest absolute Gasteiger partial charge is 0.726 e. The minimum Gasteiger partial charge on any atom is -0.726 e. The van der Waals surface area contributed by atoms with Crippen molar-refractivity contribution in [2.45, 2.75) is 117 Å². The molecule has 0 unspecified atom stereocenters. The standard InChI is InChI=1S/C12H26O4S.C8H18O4S.Mg.Na/c1-2-3-4-5-6-7-8-9-10-11-12-16-17(13,14)15;1-2-3-4-5-6-7-8-12-13(9,10)11;;/h2-12H2,1H3,(H,13,14,15);2-8H2,1H3,(H,9,10,11);;/q;;+2;+1/p-2. The molecular formula is C20H42MgNaO8S2+. The molecule has 0 fully saturated rings. The molecule has 184 valence electrons. The van der Waals surface area contributed by atoms with Crippen LogP contribution in [0.4, 0.5) is 0 Å². The van der Waals surface area contributed by atoms with Crippen molar-refractivity contribution < 1.29 is 63.9 Å². The van der Waals surface area contributed by atoms with E-state index in [-0.39, 0.29) is 65.8 Å². The van der Waals surface area contributed by atoms with E-state index in [1.807, 2.05) is 0 Å². The summed E-state index contributed by atoms with van der Waals surface area (Å²) in [6.07, 6.45) is 17.9. The van der Waals surface area contributed by atoms with Gasteiger partial charge in [-0.05, 0) is 12.8 Å². The van der Waals surface area contributed by atoms with Crippen LogP contribution in [0.2, 0.25) is 0 Å². The van der Waals surface area contributed by atoms with Gasteiger partial charge < -0.3 is 9.11 Å². The Labute approximate surface area is 235 Å². The molecule has 0 heterocycles. The summed E-state index contributed by atoms with van der Waals surface area (Å²) >= 11 is 0. The second-order valence-electron chi connectivity index (χ2n) is 7.41. The molecule has 0 aliphatic heterocycles. The van der Waals surface area contributed by atoms with Crippen LogP contribution >= 0.6 is 0 Å². The van der Waals surface area contributed by atoms with Gasteiger partial charge in [-0.1, -0.05) is 104 Å². The number of unbranched alkanes of at least 4 members (excludes halogenated alkanes) is 14. The number of hydrogen-bond donors (Lipinski definition) is 0. The maximum Gasteiger partial charge on any atom is 2.00 e. The van der Waals surface area contributed by atoms with E-state index in [4.69, 9.17) is 0 Å². The Kier molecular flexibility index (Phi) is 36.5. The summed E-state index contributed by atoms with van der Waals surface area (Å²) in [7, 11) is -8.96. The van der Waals surface area contributed by atoms with E-state index in [1.54, 1.807) is 0 Å². The summed E-state index contributed by atoms with van der Waals surface area (Å²) < 4.78 is 68.5. The maximum absolute atomic E-state index is 10.1. The second kappa shape index (κ2) is 28.7. The number of hydrogen-bond acceptors (Lipinski definition) is 8. The molecule has 0 saturated heterocycles. The second-order valence-corrected chi connectivity index (χ2v) is 9.51. The minimum absolute atomic E-state index is 0. The van der Waals surface area contributed by atoms with Gasteiger partial charge in [-0.3, -0.25) is 8.37 Å². The van der Waals surface area contributed by atoms with Crippen LogP contribution in [0.25, 0.3) is 0 Å². The zero-order chi connectivity index (χ0) is 23.1. The van der Waals surface area contributed by atoms with Gasteiger partial charge in [0.25, 0.3) is 0 Å². The molecule has 0 rings (SSSR count). The first-order valence-corrected chi connectivity index (χ1v) is 14.0. The fourth-order valence-corrected chi connectivity index (χ4v) is 3.44. The van der Waals surface area contributed by atoms with Crippen molar-refractivity contribution in [1.82, 2.24) is 0 Å². The zero-order valence-electron chi connectivity index (χ0n) is 20.5. The van der Waals surface area contributed by atoms with Gasteiger partial charge in [-0.15, -0.1) is 0 Å². The van der Waals surface area contributed by atoms with Crippen LogP contribution < -0.4 is 29.6 Å². The van der Waals surface area contributed by atoms with E-state index in [1.165, 1.54) is 64.2 Å². The molecule has 0 aromatic carbocycles. The summed E-state index contributed by atoms with van der Waals surface area (Å²) in [6, 6.07) is 0. The number of rotatable bonds is 20. The quantitative estimate of drug-likeness (QED) is 0.102. The normalized spacial score (nSPS) is 11.1. The maximum atomic E-state index is 10.1. The van der Waals surface area contributed by atoms with Gasteiger partial charge in [0.15, 0.2) is 0 Å². The van der Waals surface area contributed by atoms with Crippen molar-refractivity contribution in [3.63, 3.8) is 0 Å². The molecule has 0 aromatic rings. The predicted octanol–water partition coefficient (Wildman–Crippen LogP) is 1.83. The summed E-state index contributed by atoms with van der Waals surface area (Å²) in [4.78, 5) is 0. The van der Waals surface area contributed by atoms with Crippen molar-refractivity contribution in [3.05, 3.63) is 0 Å². The molecule has 0 amide bonds. The monoisotopic (exact) mass is 521 g/mol. The summed E-state index contributed by atoms with van der Waals surface area (Å²) in [5.74, 6) is 0. The first-order chi connectivity index (χ1) is 14.1. The van der Waals surface area contributed by atoms with Crippen molar-refractivity contribution in [1.29, 1.82) is 0 Å². The third kappa shape index (κ3) is 45.1. The fourth-order valence-electron chi connectivity index (χ4n) is 2.79. The Bertz CT molecular complexity index is 560. The third-order valence-corrected chi connectivity index (χ3v) is 5.36. The van der Waals surface area contributed by atoms with Crippen molar-refractivity contribution in [2.75, 3.05) is 13.2 Å². The van der Waals surface area contributed by atoms with E-state index in [0.29, 0.717) is 12.8 Å². The molecule has 12 heteroatoms. The van der Waals surface area contributed by atoms with E-state index < -0.39 is 20.8 Å². The molecule has 0 spiro atoms. The van der Waals surface area contributed by atoms with Crippen LogP contribution in [-0.4, -0.2) is 62.2 Å². The summed E-state index contributed by atoms with van der Waals surface area (Å²) in [6.45, 7) is 4.40. The van der Waals surface area contributed by atoms with Crippen molar-refractivity contribution >= 4 is 43.9 Å². The van der Waals surface area contributed by atoms with Gasteiger partial charge in [0, 0.05) is 0 Å². The largest absolute Gasteiger partial charge is 2.00 e. The Morgan fingerprint density at radius 1 is 0.500 bits per heavy atom. The molecular weight excluding hydrogens is 480 g/mol. The first-order valence-electron chi connectivity index (χ1n) is 11.3. The van der Waals surface area contributed by atoms with Crippen LogP contribution in [0.5, 0.6) is 0 Å². The summed E-state index contributed by atoms with van der Waals surface area (Å²) in [5, 5.41) is 0. The molecule has 32 heavy (non-hydrogen) atoms. The van der Waals surface area contributed by atoms with E-state index in [2.05, 4.69) is 22.2 Å². The van der Waals surface area contributed by atoms with E-state index >= 15 is 0 Å². The van der Waals surface area contributed by atoms with Crippen LogP contribution in [0.15, 0.2) is 0 Å². The van der Waals surface area contributed by atoms with Crippen LogP contribution in [0, 0.1) is 0 Å². The van der Waals surface area contributed by atoms with Gasteiger partial charge in [-0.25, -0.2) is 16.8 Å². The average Bonchev–Trinajstić information content (AvgIpc) is 2.64. The fraction of sp³-hybridized carbons (Fsp3) is 1.00. The molecule has 0 aliphatic carbocycles. The Morgan fingerprint density at radius 3 is 0.938 bits per heavy atom. The minimum atomic E-state index is -4.48. The van der Waals surface area contributed by atoms with E-state index in [0.717, 1.165) is 25.7 Å². The van der Waals surface area contributed by atoms with Crippen LogP contribution in [0.3, 0.4) is 0 Å². The van der Waals surface area contributed by atoms with Gasteiger partial charge in [0.05, 0.1) is 13.2 Å². The van der Waals surface area contributed by atoms with Gasteiger partial charge in [0.1, 0.15) is 0 Å². The topological polar surface area (TPSA) is 133 Å². The molecule has 0 N–H and O–H groups in total. The van der Waals surface area contributed by atoms with Crippen molar-refractivity contribution in [2.24, 2.45) is 0 Å². The first kappa shape index (κ1) is 40.7. The molecule has 0 bridgehead atoms. The van der Waals surface area contributed by atoms with Crippen LogP contribution in [-0.2, 0) is 29.2 Å². The van der Waals surface area contributed by atoms with Gasteiger partial charge in [0.2, 0.25) is 20.8 Å². The zero-order valence-corrected chi connectivity index (χ0v) is 25.6. The molecule has 0 aromatic heterocycles. The third-order valence-electron chi connectivity index (χ3n) is 4.45.